The van der Waals surface area contributed by atoms with Crippen LogP contribution in [-0.4, -0.2) is 35.4 Å². The first-order valence-corrected chi connectivity index (χ1v) is 7.44. The number of carbonyl (C=O) groups excluding carboxylic acids is 1. The zero-order chi connectivity index (χ0) is 14.5. The van der Waals surface area contributed by atoms with Crippen LogP contribution in [0.2, 0.25) is 0 Å². The molecule has 0 bridgehead atoms. The van der Waals surface area contributed by atoms with Gasteiger partial charge in [-0.3, -0.25) is 9.48 Å². The molecule has 112 valence electrons. The van der Waals surface area contributed by atoms with Gasteiger partial charge in [0.25, 0.3) is 0 Å². The lowest BCUT2D eigenvalue weighted by molar-refractivity contribution is -0.0246. The van der Waals surface area contributed by atoms with Gasteiger partial charge in [-0.1, -0.05) is 6.92 Å². The molecular formula is C15H24N2O3. The number of rotatable bonds is 8. The molecule has 1 aliphatic rings. The summed E-state index contributed by atoms with van der Waals surface area (Å²) in [6.45, 7) is 5.58. The minimum atomic E-state index is 0.132. The molecule has 20 heavy (non-hydrogen) atoms. The van der Waals surface area contributed by atoms with Crippen molar-refractivity contribution in [3.8, 4) is 5.75 Å². The molecule has 0 N–H and O–H groups in total. The molecule has 1 aromatic heterocycles. The van der Waals surface area contributed by atoms with Crippen LogP contribution in [-0.2, 0) is 11.3 Å². The zero-order valence-corrected chi connectivity index (χ0v) is 12.6. The van der Waals surface area contributed by atoms with Crippen LogP contribution in [0.5, 0.6) is 5.75 Å². The number of ketones is 1. The molecular weight excluding hydrogens is 256 g/mol. The van der Waals surface area contributed by atoms with Gasteiger partial charge in [0.05, 0.1) is 19.4 Å². The molecule has 1 fully saturated rings. The molecule has 0 aliphatic heterocycles. The van der Waals surface area contributed by atoms with E-state index in [2.05, 4.69) is 12.0 Å². The second-order valence-electron chi connectivity index (χ2n) is 5.33. The van der Waals surface area contributed by atoms with Crippen molar-refractivity contribution in [1.29, 1.82) is 0 Å². The second-order valence-corrected chi connectivity index (χ2v) is 5.33. The van der Waals surface area contributed by atoms with Crippen molar-refractivity contribution in [2.75, 3.05) is 13.7 Å². The van der Waals surface area contributed by atoms with E-state index in [0.717, 1.165) is 32.4 Å². The fourth-order valence-corrected chi connectivity index (χ4v) is 2.75. The van der Waals surface area contributed by atoms with Crippen molar-refractivity contribution in [3.63, 3.8) is 0 Å². The number of methoxy groups -OCH3 is 1. The minimum absolute atomic E-state index is 0.132. The first-order chi connectivity index (χ1) is 9.69. The van der Waals surface area contributed by atoms with Crippen LogP contribution >= 0.6 is 0 Å². The van der Waals surface area contributed by atoms with E-state index in [0.29, 0.717) is 29.9 Å². The van der Waals surface area contributed by atoms with Crippen molar-refractivity contribution in [2.45, 2.75) is 52.2 Å². The zero-order valence-electron chi connectivity index (χ0n) is 12.6. The van der Waals surface area contributed by atoms with Gasteiger partial charge in [0.1, 0.15) is 5.69 Å². The first kappa shape index (κ1) is 15.0. The molecule has 0 saturated heterocycles. The summed E-state index contributed by atoms with van der Waals surface area (Å²) >= 11 is 0. The first-order valence-electron chi connectivity index (χ1n) is 7.44. The summed E-state index contributed by atoms with van der Waals surface area (Å²) in [6.07, 6.45) is 5.47. The van der Waals surface area contributed by atoms with Gasteiger partial charge in [0.2, 0.25) is 0 Å². The van der Waals surface area contributed by atoms with E-state index in [1.165, 1.54) is 0 Å². The van der Waals surface area contributed by atoms with E-state index >= 15 is 0 Å². The predicted octanol–water partition coefficient (Wildman–Crippen LogP) is 2.69. The number of hydrogen-bond acceptors (Lipinski definition) is 4. The molecule has 1 heterocycles. The lowest BCUT2D eigenvalue weighted by Crippen LogP contribution is -2.33. The molecule has 1 aliphatic carbocycles. The molecule has 2 rings (SSSR count). The second kappa shape index (κ2) is 6.88. The topological polar surface area (TPSA) is 53.4 Å². The highest BCUT2D eigenvalue weighted by molar-refractivity contribution is 5.97. The van der Waals surface area contributed by atoms with Crippen molar-refractivity contribution in [3.05, 3.63) is 11.9 Å². The SMILES string of the molecule is CCCn1ncc(OC)c1C(=O)CC1CC(OCC)C1. The third kappa shape index (κ3) is 3.20. The van der Waals surface area contributed by atoms with Gasteiger partial charge in [-0.05, 0) is 32.1 Å². The van der Waals surface area contributed by atoms with E-state index in [4.69, 9.17) is 9.47 Å². The van der Waals surface area contributed by atoms with Crippen LogP contribution in [0.25, 0.3) is 0 Å². The standard InChI is InChI=1S/C15H24N2O3/c1-4-6-17-15(14(19-3)10-16-17)13(18)9-11-7-12(8-11)20-5-2/h10-12H,4-9H2,1-3H3. The number of nitrogens with zero attached hydrogens (tertiary/aromatic N) is 2. The van der Waals surface area contributed by atoms with Crippen molar-refractivity contribution < 1.29 is 14.3 Å². The van der Waals surface area contributed by atoms with Gasteiger partial charge >= 0.3 is 0 Å². The Balaban J connectivity index is 1.97. The van der Waals surface area contributed by atoms with Gasteiger partial charge in [-0.25, -0.2) is 0 Å². The summed E-state index contributed by atoms with van der Waals surface area (Å²) in [5, 5.41) is 4.24. The largest absolute Gasteiger partial charge is 0.493 e. The Bertz CT molecular complexity index is 450. The molecule has 0 spiro atoms. The normalized spacial score (nSPS) is 21.6. The summed E-state index contributed by atoms with van der Waals surface area (Å²) in [5.74, 6) is 1.16. The third-order valence-electron chi connectivity index (χ3n) is 3.79. The van der Waals surface area contributed by atoms with Crippen LogP contribution in [0.3, 0.4) is 0 Å². The smallest absolute Gasteiger partial charge is 0.184 e. The van der Waals surface area contributed by atoms with E-state index < -0.39 is 0 Å². The summed E-state index contributed by atoms with van der Waals surface area (Å²) in [5.41, 5.74) is 0.620. The molecule has 1 aromatic rings. The number of carbonyl (C=O) groups is 1. The molecule has 0 aromatic carbocycles. The fraction of sp³-hybridized carbons (Fsp3) is 0.733. The highest BCUT2D eigenvalue weighted by Crippen LogP contribution is 2.34. The predicted molar refractivity (Wildman–Crippen MR) is 76.2 cm³/mol. The van der Waals surface area contributed by atoms with Crippen LogP contribution in [0.4, 0.5) is 0 Å². The summed E-state index contributed by atoms with van der Waals surface area (Å²) < 4.78 is 12.6. The van der Waals surface area contributed by atoms with E-state index in [1.807, 2.05) is 6.92 Å². The molecule has 5 heteroatoms. The summed E-state index contributed by atoms with van der Waals surface area (Å²) in [7, 11) is 1.58. The molecule has 0 unspecified atom stereocenters. The van der Waals surface area contributed by atoms with Crippen LogP contribution < -0.4 is 4.74 Å². The van der Waals surface area contributed by atoms with Crippen LogP contribution in [0, 0.1) is 5.92 Å². The number of aryl methyl sites for hydroxylation is 1. The molecule has 5 nitrogen and oxygen atoms in total. The van der Waals surface area contributed by atoms with Crippen molar-refractivity contribution in [2.24, 2.45) is 5.92 Å². The maximum Gasteiger partial charge on any atom is 0.184 e. The number of aromatic nitrogens is 2. The quantitative estimate of drug-likeness (QED) is 0.687. The van der Waals surface area contributed by atoms with Crippen LogP contribution in [0.1, 0.15) is 50.0 Å². The van der Waals surface area contributed by atoms with Gasteiger partial charge < -0.3 is 9.47 Å². The third-order valence-corrected chi connectivity index (χ3v) is 3.79. The van der Waals surface area contributed by atoms with Gasteiger partial charge in [0, 0.05) is 19.6 Å². The monoisotopic (exact) mass is 280 g/mol. The lowest BCUT2D eigenvalue weighted by atomic mass is 9.78. The molecule has 1 saturated carbocycles. The maximum absolute atomic E-state index is 12.5. The van der Waals surface area contributed by atoms with E-state index in [-0.39, 0.29) is 5.78 Å². The number of Topliss-reactive ketones (excluding diaryl/α,β-unsaturated/α-hetero) is 1. The minimum Gasteiger partial charge on any atom is -0.493 e. The van der Waals surface area contributed by atoms with E-state index in [1.54, 1.807) is 18.0 Å². The Morgan fingerprint density at radius 3 is 2.80 bits per heavy atom. The fourth-order valence-electron chi connectivity index (χ4n) is 2.75. The Morgan fingerprint density at radius 2 is 2.20 bits per heavy atom. The lowest BCUT2D eigenvalue weighted by Gasteiger charge is -2.34. The maximum atomic E-state index is 12.5. The Labute approximate surface area is 120 Å². The molecule has 0 radical (unpaired) electrons. The van der Waals surface area contributed by atoms with Crippen LogP contribution in [0.15, 0.2) is 6.20 Å². The van der Waals surface area contributed by atoms with Crippen molar-refractivity contribution >= 4 is 5.78 Å². The van der Waals surface area contributed by atoms with Gasteiger partial charge in [0.15, 0.2) is 11.5 Å². The Morgan fingerprint density at radius 1 is 1.45 bits per heavy atom. The van der Waals surface area contributed by atoms with Gasteiger partial charge in [-0.15, -0.1) is 0 Å². The highest BCUT2D eigenvalue weighted by Gasteiger charge is 2.32. The highest BCUT2D eigenvalue weighted by atomic mass is 16.5. The summed E-state index contributed by atoms with van der Waals surface area (Å²) in [6, 6.07) is 0. The molecule has 0 atom stereocenters. The molecule has 0 amide bonds. The Kier molecular flexibility index (Phi) is 5.17. The average molecular weight is 280 g/mol. The van der Waals surface area contributed by atoms with Crippen molar-refractivity contribution in [1.82, 2.24) is 9.78 Å². The van der Waals surface area contributed by atoms with Gasteiger partial charge in [-0.2, -0.15) is 5.10 Å². The number of ether oxygens (including phenoxy) is 2. The van der Waals surface area contributed by atoms with E-state index in [9.17, 15) is 4.79 Å². The number of hydrogen-bond donors (Lipinski definition) is 0. The summed E-state index contributed by atoms with van der Waals surface area (Å²) in [4.78, 5) is 12.5. The Hall–Kier alpha value is -1.36. The average Bonchev–Trinajstić information content (AvgIpc) is 2.79.